The summed E-state index contributed by atoms with van der Waals surface area (Å²) >= 11 is 5.37. The van der Waals surface area contributed by atoms with E-state index >= 15 is 0 Å². The molecule has 2 N–H and O–H groups in total. The van der Waals surface area contributed by atoms with Crippen LogP contribution in [0.4, 0.5) is 5.69 Å². The first-order valence-electron chi connectivity index (χ1n) is 11.9. The SMILES string of the molecule is O=C(NC(=S)Nc1ccccc1C(=O)N1CCCCC1)c1cccc(OCCc2ccccc2)c1. The van der Waals surface area contributed by atoms with Crippen molar-refractivity contribution < 1.29 is 14.3 Å². The van der Waals surface area contributed by atoms with Crippen molar-refractivity contribution in [1.29, 1.82) is 0 Å². The maximum absolute atomic E-state index is 13.0. The van der Waals surface area contributed by atoms with E-state index in [1.54, 1.807) is 30.3 Å². The number of para-hydroxylation sites is 1. The van der Waals surface area contributed by atoms with Crippen LogP contribution in [-0.4, -0.2) is 41.5 Å². The Labute approximate surface area is 211 Å². The number of benzene rings is 3. The van der Waals surface area contributed by atoms with Gasteiger partial charge in [-0.1, -0.05) is 48.5 Å². The minimum atomic E-state index is -0.351. The molecule has 1 fully saturated rings. The second kappa shape index (κ2) is 12.1. The Morgan fingerprint density at radius 2 is 1.63 bits per heavy atom. The largest absolute Gasteiger partial charge is 0.493 e. The van der Waals surface area contributed by atoms with Crippen LogP contribution >= 0.6 is 12.2 Å². The van der Waals surface area contributed by atoms with E-state index in [0.717, 1.165) is 38.8 Å². The fraction of sp³-hybridized carbons (Fsp3) is 0.250. The number of amides is 2. The second-order valence-electron chi connectivity index (χ2n) is 8.42. The van der Waals surface area contributed by atoms with E-state index in [4.69, 9.17) is 17.0 Å². The zero-order valence-corrected chi connectivity index (χ0v) is 20.4. The van der Waals surface area contributed by atoms with Gasteiger partial charge in [0.15, 0.2) is 5.11 Å². The van der Waals surface area contributed by atoms with Gasteiger partial charge >= 0.3 is 0 Å². The Hall–Kier alpha value is -3.71. The third kappa shape index (κ3) is 6.90. The maximum atomic E-state index is 13.0. The number of carbonyl (C=O) groups is 2. The molecule has 35 heavy (non-hydrogen) atoms. The molecule has 180 valence electrons. The number of ether oxygens (including phenoxy) is 1. The Balaban J connectivity index is 1.34. The van der Waals surface area contributed by atoms with Gasteiger partial charge in [-0.25, -0.2) is 0 Å². The lowest BCUT2D eigenvalue weighted by molar-refractivity contribution is 0.0725. The third-order valence-corrected chi connectivity index (χ3v) is 6.08. The molecule has 0 bridgehead atoms. The minimum Gasteiger partial charge on any atom is -0.493 e. The lowest BCUT2D eigenvalue weighted by Crippen LogP contribution is -2.37. The number of nitrogens with one attached hydrogen (secondary N) is 2. The van der Waals surface area contributed by atoms with E-state index in [0.29, 0.717) is 29.2 Å². The Morgan fingerprint density at radius 3 is 2.43 bits per heavy atom. The zero-order valence-electron chi connectivity index (χ0n) is 19.5. The van der Waals surface area contributed by atoms with E-state index in [1.807, 2.05) is 41.3 Å². The molecular formula is C28H29N3O3S. The lowest BCUT2D eigenvalue weighted by Gasteiger charge is -2.27. The fourth-order valence-electron chi connectivity index (χ4n) is 4.03. The van der Waals surface area contributed by atoms with Gasteiger partial charge < -0.3 is 15.0 Å². The Bertz CT molecular complexity index is 1180. The maximum Gasteiger partial charge on any atom is 0.257 e. The predicted octanol–water partition coefficient (Wildman–Crippen LogP) is 5.06. The number of nitrogens with zero attached hydrogens (tertiary/aromatic N) is 1. The van der Waals surface area contributed by atoms with Crippen molar-refractivity contribution in [2.24, 2.45) is 0 Å². The highest BCUT2D eigenvalue weighted by Crippen LogP contribution is 2.20. The molecule has 1 saturated heterocycles. The van der Waals surface area contributed by atoms with E-state index in [2.05, 4.69) is 22.8 Å². The van der Waals surface area contributed by atoms with Crippen LogP contribution in [0.2, 0.25) is 0 Å². The molecule has 0 aliphatic carbocycles. The molecule has 6 nitrogen and oxygen atoms in total. The minimum absolute atomic E-state index is 0.0257. The van der Waals surface area contributed by atoms with Gasteiger partial charge in [-0.3, -0.25) is 14.9 Å². The monoisotopic (exact) mass is 487 g/mol. The third-order valence-electron chi connectivity index (χ3n) is 5.87. The molecule has 0 atom stereocenters. The molecule has 1 aliphatic heterocycles. The van der Waals surface area contributed by atoms with Crippen LogP contribution in [0.5, 0.6) is 5.75 Å². The van der Waals surface area contributed by atoms with Crippen LogP contribution in [-0.2, 0) is 6.42 Å². The molecule has 3 aromatic rings. The summed E-state index contributed by atoms with van der Waals surface area (Å²) in [6.45, 7) is 2.03. The molecule has 0 radical (unpaired) electrons. The van der Waals surface area contributed by atoms with Crippen LogP contribution < -0.4 is 15.4 Å². The van der Waals surface area contributed by atoms with E-state index in [-0.39, 0.29) is 16.9 Å². The zero-order chi connectivity index (χ0) is 24.5. The highest BCUT2D eigenvalue weighted by Gasteiger charge is 2.21. The molecule has 0 aromatic heterocycles. The van der Waals surface area contributed by atoms with Gasteiger partial charge in [0.25, 0.3) is 11.8 Å². The summed E-state index contributed by atoms with van der Waals surface area (Å²) in [6, 6.07) is 24.3. The first kappa shape index (κ1) is 24.4. The van der Waals surface area contributed by atoms with Crippen molar-refractivity contribution in [1.82, 2.24) is 10.2 Å². The molecule has 2 amide bonds. The molecule has 1 heterocycles. The number of anilines is 1. The molecule has 0 unspecified atom stereocenters. The van der Waals surface area contributed by atoms with Gasteiger partial charge in [0.1, 0.15) is 5.75 Å². The molecule has 7 heteroatoms. The Kier molecular flexibility index (Phi) is 8.46. The number of likely N-dealkylation sites (tertiary alicyclic amines) is 1. The standard InChI is InChI=1S/C28H29N3O3S/c32-26(22-12-9-13-23(20-22)34-19-16-21-10-3-1-4-11-21)30-28(35)29-25-15-6-5-14-24(25)27(33)31-17-7-2-8-18-31/h1,3-6,9-15,20H,2,7-8,16-19H2,(H2,29,30,32,35). The van der Waals surface area contributed by atoms with Gasteiger partial charge in [-0.2, -0.15) is 0 Å². The number of piperidine rings is 1. The van der Waals surface area contributed by atoms with Gasteiger partial charge in [0.2, 0.25) is 0 Å². The van der Waals surface area contributed by atoms with E-state index in [9.17, 15) is 9.59 Å². The highest BCUT2D eigenvalue weighted by atomic mass is 32.1. The number of hydrogen-bond donors (Lipinski definition) is 2. The number of thiocarbonyl (C=S) groups is 1. The fourth-order valence-corrected chi connectivity index (χ4v) is 4.24. The molecule has 4 rings (SSSR count). The summed E-state index contributed by atoms with van der Waals surface area (Å²) in [4.78, 5) is 27.7. The van der Waals surface area contributed by atoms with Crippen LogP contribution in [0, 0.1) is 0 Å². The molecular weight excluding hydrogens is 458 g/mol. The summed E-state index contributed by atoms with van der Waals surface area (Å²) in [7, 11) is 0. The van der Waals surface area contributed by atoms with E-state index < -0.39 is 0 Å². The quantitative estimate of drug-likeness (QED) is 0.456. The lowest BCUT2D eigenvalue weighted by atomic mass is 10.1. The Morgan fingerprint density at radius 1 is 0.886 bits per heavy atom. The van der Waals surface area contributed by atoms with Crippen LogP contribution in [0.15, 0.2) is 78.9 Å². The van der Waals surface area contributed by atoms with Crippen molar-refractivity contribution in [3.8, 4) is 5.75 Å². The first-order chi connectivity index (χ1) is 17.1. The number of carbonyl (C=O) groups excluding carboxylic acids is 2. The van der Waals surface area contributed by atoms with Gasteiger partial charge in [-0.15, -0.1) is 0 Å². The number of rotatable bonds is 7. The highest BCUT2D eigenvalue weighted by molar-refractivity contribution is 7.80. The second-order valence-corrected chi connectivity index (χ2v) is 8.83. The van der Waals surface area contributed by atoms with Gasteiger partial charge in [-0.05, 0) is 67.4 Å². The topological polar surface area (TPSA) is 70.7 Å². The smallest absolute Gasteiger partial charge is 0.257 e. The van der Waals surface area contributed by atoms with Gasteiger partial charge in [0, 0.05) is 25.1 Å². The van der Waals surface area contributed by atoms with Crippen LogP contribution in [0.1, 0.15) is 45.5 Å². The normalized spacial score (nSPS) is 13.1. The van der Waals surface area contributed by atoms with Crippen molar-refractivity contribution in [2.45, 2.75) is 25.7 Å². The number of hydrogen-bond acceptors (Lipinski definition) is 4. The molecule has 0 saturated carbocycles. The van der Waals surface area contributed by atoms with E-state index in [1.165, 1.54) is 5.56 Å². The predicted molar refractivity (Wildman–Crippen MR) is 142 cm³/mol. The summed E-state index contributed by atoms with van der Waals surface area (Å²) in [5, 5.41) is 5.85. The van der Waals surface area contributed by atoms with Gasteiger partial charge in [0.05, 0.1) is 17.9 Å². The average Bonchev–Trinajstić information content (AvgIpc) is 2.90. The van der Waals surface area contributed by atoms with Crippen molar-refractivity contribution in [3.63, 3.8) is 0 Å². The van der Waals surface area contributed by atoms with Crippen molar-refractivity contribution in [2.75, 3.05) is 25.0 Å². The molecule has 3 aromatic carbocycles. The van der Waals surface area contributed by atoms with Crippen LogP contribution in [0.25, 0.3) is 0 Å². The average molecular weight is 488 g/mol. The van der Waals surface area contributed by atoms with Crippen molar-refractivity contribution >= 4 is 34.8 Å². The summed E-state index contributed by atoms with van der Waals surface area (Å²) in [5.41, 5.74) is 2.74. The molecule has 1 aliphatic rings. The first-order valence-corrected chi connectivity index (χ1v) is 12.3. The summed E-state index contributed by atoms with van der Waals surface area (Å²) in [6.07, 6.45) is 3.97. The summed E-state index contributed by atoms with van der Waals surface area (Å²) < 4.78 is 5.83. The van der Waals surface area contributed by atoms with Crippen molar-refractivity contribution in [3.05, 3.63) is 95.6 Å². The van der Waals surface area contributed by atoms with Crippen LogP contribution in [0.3, 0.4) is 0 Å². The molecule has 0 spiro atoms. The summed E-state index contributed by atoms with van der Waals surface area (Å²) in [5.74, 6) is 0.239.